The average molecular weight is 599 g/mol. The predicted octanol–water partition coefficient (Wildman–Crippen LogP) is 7.08. The van der Waals surface area contributed by atoms with Crippen molar-refractivity contribution in [2.75, 3.05) is 0 Å². The molecule has 0 saturated heterocycles. The first-order valence-corrected chi connectivity index (χ1v) is 15.1. The molecule has 2 fully saturated rings. The van der Waals surface area contributed by atoms with Crippen LogP contribution in [0.4, 0.5) is 26.3 Å². The Kier molecular flexibility index (Phi) is 6.68. The van der Waals surface area contributed by atoms with E-state index in [9.17, 15) is 43.2 Å². The molecule has 5 rings (SSSR count). The Morgan fingerprint density at radius 1 is 0.692 bits per heavy atom. The molecule has 2 aromatic carbocycles. The molecule has 0 radical (unpaired) electrons. The van der Waals surface area contributed by atoms with E-state index in [1.54, 1.807) is 6.07 Å². The maximum Gasteiger partial charge on any atom is 0.534 e. The number of alkyl halides is 6. The molecule has 0 aromatic heterocycles. The van der Waals surface area contributed by atoms with Gasteiger partial charge in [-0.3, -0.25) is 0 Å². The molecule has 0 aliphatic heterocycles. The van der Waals surface area contributed by atoms with Crippen LogP contribution >= 0.6 is 0 Å². The number of hydrogen-bond acceptors (Lipinski definition) is 6. The van der Waals surface area contributed by atoms with Crippen molar-refractivity contribution >= 4 is 20.2 Å². The Labute approximate surface area is 221 Å². The minimum absolute atomic E-state index is 0.0615. The van der Waals surface area contributed by atoms with Crippen LogP contribution in [0.15, 0.2) is 30.3 Å². The lowest BCUT2D eigenvalue weighted by atomic mass is 9.84. The molecule has 2 aromatic rings. The first kappa shape index (κ1) is 28.1. The van der Waals surface area contributed by atoms with Gasteiger partial charge in [0.05, 0.1) is 0 Å². The van der Waals surface area contributed by atoms with Crippen LogP contribution in [0.5, 0.6) is 11.5 Å². The summed E-state index contributed by atoms with van der Waals surface area (Å²) >= 11 is 0. The summed E-state index contributed by atoms with van der Waals surface area (Å²) in [4.78, 5) is 0. The van der Waals surface area contributed by atoms with E-state index in [1.165, 1.54) is 12.1 Å². The SMILES string of the molecule is CC1CCC(c2cc(-c3ccc(OS(=O)(=O)C(F)(F)F)c4c3C3CCC4C3)ccc2OS(=O)(=O)C(F)(F)F)C1. The number of rotatable bonds is 6. The van der Waals surface area contributed by atoms with Gasteiger partial charge in [-0.15, -0.1) is 0 Å². The highest BCUT2D eigenvalue weighted by Gasteiger charge is 2.51. The zero-order chi connectivity index (χ0) is 28.5. The van der Waals surface area contributed by atoms with Crippen LogP contribution in [0, 0.1) is 5.92 Å². The molecule has 0 N–H and O–H groups in total. The summed E-state index contributed by atoms with van der Waals surface area (Å²) in [7, 11) is -11.8. The van der Waals surface area contributed by atoms with Gasteiger partial charge in [0.2, 0.25) is 0 Å². The van der Waals surface area contributed by atoms with E-state index < -0.39 is 37.0 Å². The Hall–Kier alpha value is -2.48. The monoisotopic (exact) mass is 598 g/mol. The van der Waals surface area contributed by atoms with Crippen LogP contribution < -0.4 is 8.37 Å². The minimum Gasteiger partial charge on any atom is -0.376 e. The second-order valence-electron chi connectivity index (χ2n) is 10.5. The fourth-order valence-electron chi connectivity index (χ4n) is 6.24. The van der Waals surface area contributed by atoms with Crippen molar-refractivity contribution in [1.29, 1.82) is 0 Å². The van der Waals surface area contributed by atoms with Crippen LogP contribution in [0.3, 0.4) is 0 Å². The Morgan fingerprint density at radius 2 is 1.23 bits per heavy atom. The van der Waals surface area contributed by atoms with Gasteiger partial charge in [-0.25, -0.2) is 0 Å². The lowest BCUT2D eigenvalue weighted by molar-refractivity contribution is -0.0505. The molecule has 2 bridgehead atoms. The minimum atomic E-state index is -5.91. The summed E-state index contributed by atoms with van der Waals surface area (Å²) in [6.45, 7) is 1.98. The van der Waals surface area contributed by atoms with E-state index in [4.69, 9.17) is 0 Å². The fourth-order valence-corrected chi connectivity index (χ4v) is 7.20. The van der Waals surface area contributed by atoms with E-state index in [0.29, 0.717) is 53.5 Å². The maximum atomic E-state index is 13.1. The fraction of sp³-hybridized carbons (Fsp3) is 0.520. The van der Waals surface area contributed by atoms with Gasteiger partial charge in [0.15, 0.2) is 0 Å². The Morgan fingerprint density at radius 3 is 1.79 bits per heavy atom. The molecular formula is C25H24F6O6S2. The second kappa shape index (κ2) is 9.28. The van der Waals surface area contributed by atoms with Crippen LogP contribution in [0.2, 0.25) is 0 Å². The third-order valence-electron chi connectivity index (χ3n) is 7.92. The van der Waals surface area contributed by atoms with Gasteiger partial charge in [-0.05, 0) is 96.2 Å². The quantitative estimate of drug-likeness (QED) is 0.201. The summed E-state index contributed by atoms with van der Waals surface area (Å²) in [5, 5.41) is 0. The van der Waals surface area contributed by atoms with E-state index in [2.05, 4.69) is 8.37 Å². The normalized spacial score (nSPS) is 25.1. The smallest absolute Gasteiger partial charge is 0.376 e. The molecule has 14 heteroatoms. The molecular weight excluding hydrogens is 574 g/mol. The van der Waals surface area contributed by atoms with Crippen molar-refractivity contribution in [3.63, 3.8) is 0 Å². The zero-order valence-electron chi connectivity index (χ0n) is 20.5. The van der Waals surface area contributed by atoms with Gasteiger partial charge in [-0.1, -0.05) is 25.5 Å². The molecule has 0 spiro atoms. The molecule has 39 heavy (non-hydrogen) atoms. The van der Waals surface area contributed by atoms with E-state index in [0.717, 1.165) is 25.0 Å². The second-order valence-corrected chi connectivity index (χ2v) is 13.6. The molecule has 0 amide bonds. The first-order valence-electron chi connectivity index (χ1n) is 12.3. The summed E-state index contributed by atoms with van der Waals surface area (Å²) in [6.07, 6.45) is 4.00. The van der Waals surface area contributed by atoms with Crippen molar-refractivity contribution in [2.24, 2.45) is 5.92 Å². The van der Waals surface area contributed by atoms with Crippen LogP contribution in [0.1, 0.15) is 79.9 Å². The van der Waals surface area contributed by atoms with Crippen LogP contribution in [0.25, 0.3) is 11.1 Å². The summed E-state index contributed by atoms with van der Waals surface area (Å²) in [5.74, 6) is -1.07. The molecule has 3 aliphatic carbocycles. The van der Waals surface area contributed by atoms with Gasteiger partial charge in [-0.2, -0.15) is 43.2 Å². The van der Waals surface area contributed by atoms with Crippen molar-refractivity contribution in [3.05, 3.63) is 47.0 Å². The van der Waals surface area contributed by atoms with Crippen molar-refractivity contribution in [3.8, 4) is 22.6 Å². The molecule has 2 saturated carbocycles. The molecule has 214 valence electrons. The third-order valence-corrected chi connectivity index (χ3v) is 9.85. The van der Waals surface area contributed by atoms with E-state index >= 15 is 0 Å². The number of fused-ring (bicyclic) bond motifs is 5. The summed E-state index contributed by atoms with van der Waals surface area (Å²) in [6, 6.07) is 6.73. The first-order chi connectivity index (χ1) is 18.0. The lowest BCUT2D eigenvalue weighted by Gasteiger charge is -2.24. The Balaban J connectivity index is 1.61. The van der Waals surface area contributed by atoms with Gasteiger partial charge >= 0.3 is 31.3 Å². The average Bonchev–Trinajstić information content (AvgIpc) is 3.55. The van der Waals surface area contributed by atoms with E-state index in [1.807, 2.05) is 6.92 Å². The van der Waals surface area contributed by atoms with Gasteiger partial charge in [0.1, 0.15) is 11.5 Å². The van der Waals surface area contributed by atoms with Gasteiger partial charge < -0.3 is 8.37 Å². The highest BCUT2D eigenvalue weighted by molar-refractivity contribution is 7.88. The highest BCUT2D eigenvalue weighted by atomic mass is 32.2. The lowest BCUT2D eigenvalue weighted by Crippen LogP contribution is -2.28. The van der Waals surface area contributed by atoms with Gasteiger partial charge in [0, 0.05) is 5.56 Å². The zero-order valence-corrected chi connectivity index (χ0v) is 22.1. The van der Waals surface area contributed by atoms with Gasteiger partial charge in [0.25, 0.3) is 0 Å². The summed E-state index contributed by atoms with van der Waals surface area (Å²) in [5.41, 5.74) is -8.81. The maximum absolute atomic E-state index is 13.1. The molecule has 4 atom stereocenters. The molecule has 3 aliphatic rings. The molecule has 4 unspecified atom stereocenters. The number of benzene rings is 2. The van der Waals surface area contributed by atoms with Crippen molar-refractivity contribution < 1.29 is 51.5 Å². The highest BCUT2D eigenvalue weighted by Crippen LogP contribution is 2.59. The van der Waals surface area contributed by atoms with Crippen molar-refractivity contribution in [1.82, 2.24) is 0 Å². The Bertz CT molecular complexity index is 1510. The van der Waals surface area contributed by atoms with Crippen molar-refractivity contribution in [2.45, 2.75) is 74.2 Å². The summed E-state index contributed by atoms with van der Waals surface area (Å²) < 4.78 is 134. The van der Waals surface area contributed by atoms with Crippen LogP contribution in [-0.2, 0) is 20.2 Å². The third kappa shape index (κ3) is 4.98. The molecule has 6 nitrogen and oxygen atoms in total. The predicted molar refractivity (Wildman–Crippen MR) is 128 cm³/mol. The van der Waals surface area contributed by atoms with E-state index in [-0.39, 0.29) is 29.4 Å². The van der Waals surface area contributed by atoms with Crippen LogP contribution in [-0.4, -0.2) is 27.9 Å². The number of hydrogen-bond donors (Lipinski definition) is 0. The largest absolute Gasteiger partial charge is 0.534 e. The standard InChI is InChI=1S/C25H24F6O6S2/c1-13-2-3-14(10-13)19-12-15(6-8-20(19)36-38(32,33)24(26,27)28)18-7-9-21(37-39(34,35)25(29,30)31)23-17-5-4-16(11-17)22(18)23/h6-9,12-14,16-17H,2-5,10-11H2,1H3. The number of halogens is 6. The molecule has 0 heterocycles. The topological polar surface area (TPSA) is 86.7 Å².